The van der Waals surface area contributed by atoms with Gasteiger partial charge in [-0.05, 0) is 56.0 Å². The first-order valence-corrected chi connectivity index (χ1v) is 13.3. The van der Waals surface area contributed by atoms with Crippen molar-refractivity contribution in [2.75, 3.05) is 18.7 Å². The maximum atomic E-state index is 13.2. The number of sulfone groups is 1. The molecule has 1 heterocycles. The molecule has 0 radical (unpaired) electrons. The first-order valence-electron chi connectivity index (χ1n) is 10.2. The summed E-state index contributed by atoms with van der Waals surface area (Å²) in [5.41, 5.74) is 1.05. The van der Waals surface area contributed by atoms with Crippen molar-refractivity contribution in [3.8, 4) is 5.75 Å². The Morgan fingerprint density at radius 3 is 2.64 bits per heavy atom. The van der Waals surface area contributed by atoms with Gasteiger partial charge in [-0.3, -0.25) is 10.1 Å². The van der Waals surface area contributed by atoms with Crippen LogP contribution in [0.1, 0.15) is 31.2 Å². The van der Waals surface area contributed by atoms with Crippen molar-refractivity contribution in [1.82, 2.24) is 4.98 Å². The lowest BCUT2D eigenvalue weighted by Gasteiger charge is -2.11. The molecule has 0 saturated heterocycles. The van der Waals surface area contributed by atoms with Gasteiger partial charge in [0.05, 0.1) is 27.2 Å². The summed E-state index contributed by atoms with van der Waals surface area (Å²) in [6.07, 6.45) is 4.84. The zero-order valence-electron chi connectivity index (χ0n) is 18.0. The molecule has 3 aromatic rings. The number of nitrogens with zero attached hydrogens (tertiary/aromatic N) is 2. The van der Waals surface area contributed by atoms with Gasteiger partial charge in [0.25, 0.3) is 5.91 Å². The van der Waals surface area contributed by atoms with Gasteiger partial charge in [-0.25, -0.2) is 13.4 Å². The van der Waals surface area contributed by atoms with Crippen LogP contribution in [0.15, 0.2) is 46.4 Å². The lowest BCUT2D eigenvalue weighted by molar-refractivity contribution is -0.110. The second kappa shape index (κ2) is 9.66. The Bertz CT molecular complexity index is 1330. The van der Waals surface area contributed by atoms with E-state index in [-0.39, 0.29) is 21.7 Å². The molecule has 0 aliphatic heterocycles. The number of benzene rings is 2. The molecule has 1 N–H and O–H groups in total. The molecule has 33 heavy (non-hydrogen) atoms. The quantitative estimate of drug-likeness (QED) is 0.368. The van der Waals surface area contributed by atoms with Crippen LogP contribution in [0.3, 0.4) is 0 Å². The Morgan fingerprint density at radius 1 is 1.21 bits per heavy atom. The number of anilines is 1. The Labute approximate surface area is 200 Å². The van der Waals surface area contributed by atoms with Crippen LogP contribution in [0.5, 0.6) is 5.75 Å². The SMILES string of the molecule is COc1ccc2nc(NC(=O)/C(=N/OC3CCCC3)c3ccc(S(C)(=O)=O)c(Cl)c3)sc2c1. The summed E-state index contributed by atoms with van der Waals surface area (Å²) in [7, 11) is -1.93. The fourth-order valence-electron chi connectivity index (χ4n) is 3.54. The maximum Gasteiger partial charge on any atom is 0.280 e. The molecule has 8 nitrogen and oxygen atoms in total. The molecule has 1 fully saturated rings. The Balaban J connectivity index is 1.65. The molecule has 0 unspecified atom stereocenters. The third-order valence-electron chi connectivity index (χ3n) is 5.23. The minimum Gasteiger partial charge on any atom is -0.497 e. The lowest BCUT2D eigenvalue weighted by atomic mass is 10.1. The van der Waals surface area contributed by atoms with Gasteiger partial charge in [-0.1, -0.05) is 34.2 Å². The summed E-state index contributed by atoms with van der Waals surface area (Å²) in [6, 6.07) is 9.68. The van der Waals surface area contributed by atoms with Gasteiger partial charge in [-0.2, -0.15) is 0 Å². The maximum absolute atomic E-state index is 13.2. The molecule has 0 spiro atoms. The number of methoxy groups -OCH3 is 1. The number of carbonyl (C=O) groups excluding carboxylic acids is 1. The van der Waals surface area contributed by atoms with Crippen LogP contribution in [0.2, 0.25) is 5.02 Å². The van der Waals surface area contributed by atoms with E-state index in [1.165, 1.54) is 29.5 Å². The van der Waals surface area contributed by atoms with Crippen molar-refractivity contribution < 1.29 is 22.8 Å². The Hall–Kier alpha value is -2.69. The van der Waals surface area contributed by atoms with Crippen LogP contribution in [-0.4, -0.2) is 44.5 Å². The molecule has 1 aliphatic rings. The van der Waals surface area contributed by atoms with E-state index in [0.29, 0.717) is 16.4 Å². The van der Waals surface area contributed by atoms with E-state index in [2.05, 4.69) is 15.5 Å². The standard InChI is InChI=1S/C22H22ClN3O5S2/c1-30-15-8-9-17-18(12-15)32-22(24-17)25-21(27)20(26-31-14-5-3-4-6-14)13-7-10-19(16(23)11-13)33(2,28)29/h7-12,14H,3-6H2,1-2H3,(H,24,25,27)/b26-20+. The third-order valence-corrected chi connectivity index (χ3v) is 7.74. The number of nitrogens with one attached hydrogen (secondary N) is 1. The predicted octanol–water partition coefficient (Wildman–Crippen LogP) is 4.66. The summed E-state index contributed by atoms with van der Waals surface area (Å²) in [6.45, 7) is 0. The Kier molecular flexibility index (Phi) is 6.87. The van der Waals surface area contributed by atoms with Gasteiger partial charge in [0, 0.05) is 11.8 Å². The highest BCUT2D eigenvalue weighted by Crippen LogP contribution is 2.30. The number of halogens is 1. The average Bonchev–Trinajstić information content (AvgIpc) is 3.41. The van der Waals surface area contributed by atoms with Crippen molar-refractivity contribution in [3.05, 3.63) is 47.0 Å². The van der Waals surface area contributed by atoms with Crippen LogP contribution in [0.4, 0.5) is 5.13 Å². The third kappa shape index (κ3) is 5.45. The molecule has 174 valence electrons. The van der Waals surface area contributed by atoms with Gasteiger partial charge in [0.15, 0.2) is 20.7 Å². The molecule has 4 rings (SSSR count). The zero-order chi connectivity index (χ0) is 23.6. The fraction of sp³-hybridized carbons (Fsp3) is 0.318. The van der Waals surface area contributed by atoms with E-state index in [1.54, 1.807) is 13.2 Å². The molecule has 2 aromatic carbocycles. The molecular weight excluding hydrogens is 486 g/mol. The van der Waals surface area contributed by atoms with E-state index in [9.17, 15) is 13.2 Å². The van der Waals surface area contributed by atoms with Gasteiger partial charge in [0.1, 0.15) is 11.9 Å². The van der Waals surface area contributed by atoms with E-state index >= 15 is 0 Å². The first-order chi connectivity index (χ1) is 15.7. The number of aromatic nitrogens is 1. The molecule has 11 heteroatoms. The highest BCUT2D eigenvalue weighted by Gasteiger charge is 2.22. The summed E-state index contributed by atoms with van der Waals surface area (Å²) in [5, 5.41) is 7.29. The topological polar surface area (TPSA) is 107 Å². The van der Waals surface area contributed by atoms with Gasteiger partial charge in [-0.15, -0.1) is 0 Å². The number of carbonyl (C=O) groups is 1. The first kappa shape index (κ1) is 23.5. The zero-order valence-corrected chi connectivity index (χ0v) is 20.4. The molecule has 0 bridgehead atoms. The van der Waals surface area contributed by atoms with Gasteiger partial charge < -0.3 is 9.57 Å². The van der Waals surface area contributed by atoms with E-state index < -0.39 is 15.7 Å². The summed E-state index contributed by atoms with van der Waals surface area (Å²) in [5.74, 6) is 0.152. The second-order valence-corrected chi connectivity index (χ2v) is 11.1. The molecule has 1 amide bonds. The minimum atomic E-state index is -3.51. The molecule has 1 aliphatic carbocycles. The monoisotopic (exact) mass is 507 g/mol. The highest BCUT2D eigenvalue weighted by molar-refractivity contribution is 7.90. The molecule has 1 saturated carbocycles. The smallest absolute Gasteiger partial charge is 0.280 e. The van der Waals surface area contributed by atoms with Gasteiger partial charge in [0.2, 0.25) is 0 Å². The molecule has 0 atom stereocenters. The number of hydrogen-bond donors (Lipinski definition) is 1. The van der Waals surface area contributed by atoms with E-state index in [4.69, 9.17) is 21.2 Å². The summed E-state index contributed by atoms with van der Waals surface area (Å²) >= 11 is 7.50. The van der Waals surface area contributed by atoms with Crippen molar-refractivity contribution in [3.63, 3.8) is 0 Å². The average molecular weight is 508 g/mol. The van der Waals surface area contributed by atoms with Crippen molar-refractivity contribution in [1.29, 1.82) is 0 Å². The number of amides is 1. The van der Waals surface area contributed by atoms with Crippen LogP contribution < -0.4 is 10.1 Å². The Morgan fingerprint density at radius 2 is 1.97 bits per heavy atom. The number of hydrogen-bond acceptors (Lipinski definition) is 8. The number of ether oxygens (including phenoxy) is 1. The number of thiazole rings is 1. The fourth-order valence-corrected chi connectivity index (χ4v) is 5.76. The summed E-state index contributed by atoms with van der Waals surface area (Å²) < 4.78 is 29.9. The number of rotatable bonds is 7. The highest BCUT2D eigenvalue weighted by atomic mass is 35.5. The molecular formula is C22H22ClN3O5S2. The number of oxime groups is 1. The molecule has 1 aromatic heterocycles. The van der Waals surface area contributed by atoms with Crippen molar-refractivity contribution >= 4 is 59.7 Å². The second-order valence-electron chi connectivity index (χ2n) is 7.68. The lowest BCUT2D eigenvalue weighted by Crippen LogP contribution is -2.25. The number of fused-ring (bicyclic) bond motifs is 1. The predicted molar refractivity (Wildman–Crippen MR) is 129 cm³/mol. The van der Waals surface area contributed by atoms with Gasteiger partial charge >= 0.3 is 0 Å². The van der Waals surface area contributed by atoms with E-state index in [0.717, 1.165) is 42.2 Å². The van der Waals surface area contributed by atoms with Crippen LogP contribution in [0, 0.1) is 0 Å². The largest absolute Gasteiger partial charge is 0.497 e. The van der Waals surface area contributed by atoms with Crippen LogP contribution >= 0.6 is 22.9 Å². The minimum absolute atomic E-state index is 0.00319. The van der Waals surface area contributed by atoms with Crippen LogP contribution in [0.25, 0.3) is 10.2 Å². The van der Waals surface area contributed by atoms with Crippen molar-refractivity contribution in [2.45, 2.75) is 36.7 Å². The van der Waals surface area contributed by atoms with Crippen LogP contribution in [-0.2, 0) is 19.5 Å². The summed E-state index contributed by atoms with van der Waals surface area (Å²) in [4.78, 5) is 23.2. The van der Waals surface area contributed by atoms with E-state index in [1.807, 2.05) is 12.1 Å². The normalized spacial score (nSPS) is 15.1. The van der Waals surface area contributed by atoms with Crippen molar-refractivity contribution in [2.24, 2.45) is 5.16 Å².